The fourth-order valence-electron chi connectivity index (χ4n) is 9.64. The topological polar surface area (TPSA) is 48.5 Å². The summed E-state index contributed by atoms with van der Waals surface area (Å²) in [6.45, 7) is 0. The van der Waals surface area contributed by atoms with Crippen LogP contribution in [0.25, 0.3) is 122 Å². The van der Waals surface area contributed by atoms with Gasteiger partial charge < -0.3 is 9.13 Å². The van der Waals surface area contributed by atoms with Gasteiger partial charge in [-0.05, 0) is 99.4 Å². The average molecular weight is 816 g/mol. The van der Waals surface area contributed by atoms with Crippen LogP contribution >= 0.6 is 0 Å². The average Bonchev–Trinajstić information content (AvgIpc) is 3.88. The predicted octanol–water partition coefficient (Wildman–Crippen LogP) is 15.0. The molecule has 13 rings (SSSR count). The van der Waals surface area contributed by atoms with Gasteiger partial charge in [-0.1, -0.05) is 158 Å². The standard InChI is InChI=1S/C59H37N5/c1-2-18-47(19-3-1)63-54-24-11-9-22-50(54)52-36-42(30-32-55(52)63)43-29-31-51-49-21-8-10-23-53(49)64(56(51)37-43)48-20-12-17-44(35-48)57-60-58(45-27-25-38-13-4-6-15-40(38)33-45)62-59(61-57)46-28-26-39-14-5-7-16-41(39)34-46/h1-37H. The van der Waals surface area contributed by atoms with Gasteiger partial charge in [0.1, 0.15) is 0 Å². The molecule has 64 heavy (non-hydrogen) atoms. The van der Waals surface area contributed by atoms with Gasteiger partial charge in [0.2, 0.25) is 0 Å². The number of para-hydroxylation sites is 3. The van der Waals surface area contributed by atoms with Gasteiger partial charge in [-0.15, -0.1) is 0 Å². The number of fused-ring (bicyclic) bond motifs is 8. The van der Waals surface area contributed by atoms with Crippen LogP contribution in [-0.2, 0) is 0 Å². The highest BCUT2D eigenvalue weighted by Gasteiger charge is 2.18. The summed E-state index contributed by atoms with van der Waals surface area (Å²) in [6, 6.07) is 80.0. The highest BCUT2D eigenvalue weighted by atomic mass is 15.0. The number of hydrogen-bond acceptors (Lipinski definition) is 3. The van der Waals surface area contributed by atoms with Crippen molar-refractivity contribution in [2.75, 3.05) is 0 Å². The lowest BCUT2D eigenvalue weighted by Gasteiger charge is -2.12. The van der Waals surface area contributed by atoms with E-state index in [0.29, 0.717) is 17.5 Å². The summed E-state index contributed by atoms with van der Waals surface area (Å²) in [7, 11) is 0. The van der Waals surface area contributed by atoms with Crippen molar-refractivity contribution >= 4 is 65.2 Å². The Bertz CT molecular complexity index is 3870. The summed E-state index contributed by atoms with van der Waals surface area (Å²) in [5.74, 6) is 1.89. The molecule has 3 aromatic heterocycles. The molecule has 10 aromatic carbocycles. The molecule has 0 amide bonds. The maximum atomic E-state index is 5.20. The van der Waals surface area contributed by atoms with Gasteiger partial charge in [0.15, 0.2) is 17.5 Å². The van der Waals surface area contributed by atoms with Gasteiger partial charge in [0.25, 0.3) is 0 Å². The molecule has 0 aliphatic heterocycles. The Morgan fingerprint density at radius 1 is 0.234 bits per heavy atom. The molecule has 298 valence electrons. The van der Waals surface area contributed by atoms with Gasteiger partial charge in [0, 0.05) is 49.6 Å². The largest absolute Gasteiger partial charge is 0.309 e. The fraction of sp³-hybridized carbons (Fsp3) is 0. The highest BCUT2D eigenvalue weighted by molar-refractivity contribution is 6.12. The Labute approximate surface area is 368 Å². The molecule has 0 unspecified atom stereocenters. The van der Waals surface area contributed by atoms with Gasteiger partial charge in [0.05, 0.1) is 22.1 Å². The summed E-state index contributed by atoms with van der Waals surface area (Å²) >= 11 is 0. The minimum atomic E-state index is 0.618. The Hall–Kier alpha value is -8.67. The number of nitrogens with zero attached hydrogens (tertiary/aromatic N) is 5. The monoisotopic (exact) mass is 815 g/mol. The minimum Gasteiger partial charge on any atom is -0.309 e. The van der Waals surface area contributed by atoms with Crippen LogP contribution in [-0.4, -0.2) is 24.1 Å². The van der Waals surface area contributed by atoms with Gasteiger partial charge in [-0.2, -0.15) is 0 Å². The normalized spacial score (nSPS) is 11.8. The zero-order valence-electron chi connectivity index (χ0n) is 34.6. The predicted molar refractivity (Wildman–Crippen MR) is 265 cm³/mol. The van der Waals surface area contributed by atoms with Crippen molar-refractivity contribution in [1.82, 2.24) is 24.1 Å². The van der Waals surface area contributed by atoms with E-state index in [4.69, 9.17) is 15.0 Å². The third-order valence-electron chi connectivity index (χ3n) is 12.7. The molecular weight excluding hydrogens is 779 g/mol. The first-order chi connectivity index (χ1) is 31.7. The lowest BCUT2D eigenvalue weighted by Crippen LogP contribution is -2.01. The van der Waals surface area contributed by atoms with Crippen molar-refractivity contribution in [2.45, 2.75) is 0 Å². The van der Waals surface area contributed by atoms with Crippen LogP contribution in [0, 0.1) is 0 Å². The molecule has 0 N–H and O–H groups in total. The van der Waals surface area contributed by atoms with Gasteiger partial charge in [-0.25, -0.2) is 15.0 Å². The van der Waals surface area contributed by atoms with Crippen LogP contribution in [0.5, 0.6) is 0 Å². The highest BCUT2D eigenvalue weighted by Crippen LogP contribution is 2.39. The third kappa shape index (κ3) is 5.90. The fourth-order valence-corrected chi connectivity index (χ4v) is 9.64. The van der Waals surface area contributed by atoms with Crippen LogP contribution in [0.3, 0.4) is 0 Å². The van der Waals surface area contributed by atoms with E-state index in [9.17, 15) is 0 Å². The molecule has 0 aliphatic carbocycles. The molecule has 5 heteroatoms. The molecule has 3 heterocycles. The van der Waals surface area contributed by atoms with Crippen molar-refractivity contribution in [1.29, 1.82) is 0 Å². The number of hydrogen-bond donors (Lipinski definition) is 0. The molecule has 13 aromatic rings. The Morgan fingerprint density at radius 2 is 0.688 bits per heavy atom. The Morgan fingerprint density at radius 3 is 1.34 bits per heavy atom. The first-order valence-electron chi connectivity index (χ1n) is 21.7. The summed E-state index contributed by atoms with van der Waals surface area (Å²) < 4.78 is 4.75. The maximum Gasteiger partial charge on any atom is 0.164 e. The van der Waals surface area contributed by atoms with E-state index >= 15 is 0 Å². The van der Waals surface area contributed by atoms with Crippen molar-refractivity contribution in [2.24, 2.45) is 0 Å². The molecule has 0 bridgehead atoms. The number of aromatic nitrogens is 5. The first kappa shape index (κ1) is 36.0. The molecule has 0 spiro atoms. The van der Waals surface area contributed by atoms with Crippen LogP contribution in [0.2, 0.25) is 0 Å². The zero-order chi connectivity index (χ0) is 42.1. The molecule has 0 radical (unpaired) electrons. The molecule has 0 atom stereocenters. The molecule has 0 aliphatic rings. The number of benzene rings is 10. The van der Waals surface area contributed by atoms with Crippen LogP contribution < -0.4 is 0 Å². The second-order valence-corrected chi connectivity index (χ2v) is 16.5. The SMILES string of the molecule is c1ccc(-n2c3ccccc3c3cc(-c4ccc5c6ccccc6n(-c6cccc(-c7nc(-c8ccc9ccccc9c8)nc(-c8ccc9ccccc9c8)n7)c6)c5c4)ccc32)cc1. The maximum absolute atomic E-state index is 5.20. The molecule has 5 nitrogen and oxygen atoms in total. The first-order valence-corrected chi connectivity index (χ1v) is 21.7. The molecular formula is C59H37N5. The number of rotatable bonds is 6. The van der Waals surface area contributed by atoms with Crippen LogP contribution in [0.1, 0.15) is 0 Å². The van der Waals surface area contributed by atoms with Gasteiger partial charge in [-0.3, -0.25) is 0 Å². The Balaban J connectivity index is 0.970. The van der Waals surface area contributed by atoms with Crippen LogP contribution in [0.15, 0.2) is 224 Å². The Kier molecular flexibility index (Phi) is 8.15. The summed E-state index contributed by atoms with van der Waals surface area (Å²) in [4.78, 5) is 15.5. The lowest BCUT2D eigenvalue weighted by atomic mass is 10.0. The van der Waals surface area contributed by atoms with E-state index < -0.39 is 0 Å². The van der Waals surface area contributed by atoms with Gasteiger partial charge >= 0.3 is 0 Å². The quantitative estimate of drug-likeness (QED) is 0.168. The smallest absolute Gasteiger partial charge is 0.164 e. The minimum absolute atomic E-state index is 0.618. The van der Waals surface area contributed by atoms with Crippen molar-refractivity contribution in [3.63, 3.8) is 0 Å². The van der Waals surface area contributed by atoms with Crippen molar-refractivity contribution < 1.29 is 0 Å². The second-order valence-electron chi connectivity index (χ2n) is 16.5. The van der Waals surface area contributed by atoms with E-state index in [0.717, 1.165) is 55.4 Å². The van der Waals surface area contributed by atoms with Crippen molar-refractivity contribution in [3.8, 4) is 56.7 Å². The van der Waals surface area contributed by atoms with E-state index in [-0.39, 0.29) is 0 Å². The molecule has 0 saturated carbocycles. The van der Waals surface area contributed by atoms with E-state index in [2.05, 4.69) is 234 Å². The summed E-state index contributed by atoms with van der Waals surface area (Å²) in [6.07, 6.45) is 0. The van der Waals surface area contributed by atoms with E-state index in [1.165, 1.54) is 48.9 Å². The van der Waals surface area contributed by atoms with E-state index in [1.807, 2.05) is 0 Å². The second kappa shape index (κ2) is 14.5. The molecule has 0 fully saturated rings. The van der Waals surface area contributed by atoms with Crippen molar-refractivity contribution in [3.05, 3.63) is 224 Å². The molecule has 0 saturated heterocycles. The summed E-state index contributed by atoms with van der Waals surface area (Å²) in [5.41, 5.74) is 12.0. The lowest BCUT2D eigenvalue weighted by molar-refractivity contribution is 1.07. The summed E-state index contributed by atoms with van der Waals surface area (Å²) in [5, 5.41) is 9.50. The van der Waals surface area contributed by atoms with Crippen LogP contribution in [0.4, 0.5) is 0 Å². The zero-order valence-corrected chi connectivity index (χ0v) is 34.6. The van der Waals surface area contributed by atoms with E-state index in [1.54, 1.807) is 0 Å². The third-order valence-corrected chi connectivity index (χ3v) is 12.7.